The number of hydrogen-bond donors (Lipinski definition) is 2. The fourth-order valence-electron chi connectivity index (χ4n) is 4.68. The van der Waals surface area contributed by atoms with Crippen molar-refractivity contribution in [1.29, 1.82) is 0 Å². The summed E-state index contributed by atoms with van der Waals surface area (Å²) in [5, 5.41) is 0. The monoisotopic (exact) mass is 497 g/mol. The van der Waals surface area contributed by atoms with Crippen molar-refractivity contribution >= 4 is 23.3 Å². The molecule has 0 bridgehead atoms. The topological polar surface area (TPSA) is 121 Å². The van der Waals surface area contributed by atoms with Gasteiger partial charge in [-0.15, -0.1) is 0 Å². The molecule has 1 aliphatic rings. The van der Waals surface area contributed by atoms with Crippen LogP contribution in [0.4, 0.5) is 11.5 Å². The Labute approximate surface area is 212 Å². The highest BCUT2D eigenvalue weighted by Gasteiger charge is 2.33. The van der Waals surface area contributed by atoms with Gasteiger partial charge in [0.05, 0.1) is 0 Å². The van der Waals surface area contributed by atoms with Crippen LogP contribution in [0.2, 0.25) is 0 Å². The second kappa shape index (κ2) is 13.1. The Balaban J connectivity index is 1.71. The van der Waals surface area contributed by atoms with Crippen LogP contribution in [0.1, 0.15) is 64.4 Å². The molecule has 1 aromatic heterocycles. The molecule has 0 saturated carbocycles. The summed E-state index contributed by atoms with van der Waals surface area (Å²) in [5.74, 6) is -0.348. The molecule has 36 heavy (non-hydrogen) atoms. The first-order chi connectivity index (χ1) is 17.4. The van der Waals surface area contributed by atoms with Crippen LogP contribution in [-0.2, 0) is 22.6 Å². The lowest BCUT2D eigenvalue weighted by Gasteiger charge is -2.34. The van der Waals surface area contributed by atoms with Crippen molar-refractivity contribution < 1.29 is 9.59 Å². The van der Waals surface area contributed by atoms with E-state index in [1.165, 1.54) is 9.47 Å². The third kappa shape index (κ3) is 6.65. The number of nitrogen functional groups attached to an aromatic ring is 1. The van der Waals surface area contributed by atoms with Crippen molar-refractivity contribution in [3.8, 4) is 0 Å². The van der Waals surface area contributed by atoms with E-state index in [2.05, 4.69) is 4.98 Å². The molecular weight excluding hydrogens is 458 g/mol. The number of hydrogen-bond acceptors (Lipinski definition) is 5. The number of aromatic amines is 1. The minimum atomic E-state index is -0.636. The molecule has 1 saturated heterocycles. The number of H-pyrrole nitrogens is 1. The molecule has 2 heterocycles. The highest BCUT2D eigenvalue weighted by Crippen LogP contribution is 2.25. The van der Waals surface area contributed by atoms with Gasteiger partial charge in [0, 0.05) is 38.5 Å². The Morgan fingerprint density at radius 2 is 1.72 bits per heavy atom. The van der Waals surface area contributed by atoms with Crippen LogP contribution in [0.15, 0.2) is 39.9 Å². The molecule has 9 nitrogen and oxygen atoms in total. The molecule has 1 aromatic carbocycles. The van der Waals surface area contributed by atoms with Crippen LogP contribution in [-0.4, -0.2) is 45.9 Å². The van der Waals surface area contributed by atoms with E-state index in [0.717, 1.165) is 24.8 Å². The maximum atomic E-state index is 13.6. The van der Waals surface area contributed by atoms with Gasteiger partial charge in [-0.25, -0.2) is 4.79 Å². The molecular formula is C27H39N5O4. The summed E-state index contributed by atoms with van der Waals surface area (Å²) >= 11 is 0. The Bertz CT molecular complexity index is 1130. The molecule has 0 aliphatic carbocycles. The van der Waals surface area contributed by atoms with Crippen molar-refractivity contribution in [1.82, 2.24) is 14.5 Å². The molecule has 196 valence electrons. The first kappa shape index (κ1) is 27.2. The van der Waals surface area contributed by atoms with E-state index in [9.17, 15) is 19.2 Å². The van der Waals surface area contributed by atoms with E-state index in [1.54, 1.807) is 0 Å². The van der Waals surface area contributed by atoms with Crippen molar-refractivity contribution in [2.45, 2.75) is 71.8 Å². The van der Waals surface area contributed by atoms with Gasteiger partial charge in [-0.2, -0.15) is 0 Å². The lowest BCUT2D eigenvalue weighted by atomic mass is 9.94. The second-order valence-corrected chi connectivity index (χ2v) is 9.48. The van der Waals surface area contributed by atoms with Crippen LogP contribution in [0.5, 0.6) is 0 Å². The number of carbonyl (C=O) groups is 2. The molecule has 0 radical (unpaired) electrons. The van der Waals surface area contributed by atoms with Crippen LogP contribution >= 0.6 is 0 Å². The summed E-state index contributed by atoms with van der Waals surface area (Å²) in [6.45, 7) is 5.76. The Morgan fingerprint density at radius 1 is 1.06 bits per heavy atom. The minimum Gasteiger partial charge on any atom is -0.383 e. The summed E-state index contributed by atoms with van der Waals surface area (Å²) in [5.41, 5.74) is 6.30. The van der Waals surface area contributed by atoms with Gasteiger partial charge in [0.2, 0.25) is 11.8 Å². The number of unbranched alkanes of at least 4 members (excludes halogenated alkanes) is 2. The van der Waals surface area contributed by atoms with Gasteiger partial charge in [-0.05, 0) is 37.7 Å². The standard InChI is InChI=1S/C27H39N5O4/c1-3-5-16-31(23-24(28)32(17-6-4-2)27(36)29-25(23)34)26(35)21-14-18-30(19-15-21)22(33)13-12-20-10-8-7-9-11-20/h7-11,21H,3-6,12-19,28H2,1-2H3,(H,29,34,36). The number of nitrogens with zero attached hydrogens (tertiary/aromatic N) is 3. The zero-order valence-electron chi connectivity index (χ0n) is 21.5. The molecule has 3 N–H and O–H groups in total. The first-order valence-electron chi connectivity index (χ1n) is 13.1. The van der Waals surface area contributed by atoms with Crippen LogP contribution < -0.4 is 21.9 Å². The van der Waals surface area contributed by atoms with E-state index in [-0.39, 0.29) is 29.2 Å². The molecule has 2 aromatic rings. The molecule has 0 atom stereocenters. The predicted octanol–water partition coefficient (Wildman–Crippen LogP) is 2.92. The quantitative estimate of drug-likeness (QED) is 0.494. The van der Waals surface area contributed by atoms with Gasteiger partial charge in [-0.1, -0.05) is 57.0 Å². The normalized spacial score (nSPS) is 14.1. The van der Waals surface area contributed by atoms with Gasteiger partial charge in [-0.3, -0.25) is 23.9 Å². The smallest absolute Gasteiger partial charge is 0.330 e. The fraction of sp³-hybridized carbons (Fsp3) is 0.556. The van der Waals surface area contributed by atoms with Gasteiger partial charge < -0.3 is 15.5 Å². The first-order valence-corrected chi connectivity index (χ1v) is 13.1. The maximum absolute atomic E-state index is 13.6. The average molecular weight is 498 g/mol. The molecule has 0 unspecified atom stereocenters. The van der Waals surface area contributed by atoms with Crippen molar-refractivity contribution in [2.75, 3.05) is 30.3 Å². The zero-order valence-corrected chi connectivity index (χ0v) is 21.5. The number of aryl methyl sites for hydroxylation is 1. The maximum Gasteiger partial charge on any atom is 0.330 e. The van der Waals surface area contributed by atoms with Gasteiger partial charge in [0.1, 0.15) is 5.82 Å². The van der Waals surface area contributed by atoms with Crippen molar-refractivity contribution in [3.05, 3.63) is 56.7 Å². The third-order valence-electron chi connectivity index (χ3n) is 6.89. The number of rotatable bonds is 11. The van der Waals surface area contributed by atoms with Gasteiger partial charge >= 0.3 is 5.69 Å². The Hall–Kier alpha value is -3.36. The Kier molecular flexibility index (Phi) is 9.90. The molecule has 1 aliphatic heterocycles. The molecule has 1 fully saturated rings. The Morgan fingerprint density at radius 3 is 2.36 bits per heavy atom. The van der Waals surface area contributed by atoms with E-state index in [1.807, 2.05) is 49.1 Å². The lowest BCUT2D eigenvalue weighted by Crippen LogP contribution is -2.47. The summed E-state index contributed by atoms with van der Waals surface area (Å²) in [4.78, 5) is 57.2. The molecule has 2 amide bonds. The number of anilines is 2. The summed E-state index contributed by atoms with van der Waals surface area (Å²) in [6, 6.07) is 9.92. The number of carbonyl (C=O) groups excluding carboxylic acids is 2. The van der Waals surface area contributed by atoms with Gasteiger partial charge in [0.25, 0.3) is 5.56 Å². The number of likely N-dealkylation sites (tertiary alicyclic amines) is 1. The number of benzene rings is 1. The average Bonchev–Trinajstić information content (AvgIpc) is 2.89. The van der Waals surface area contributed by atoms with E-state index in [4.69, 9.17) is 5.73 Å². The molecule has 0 spiro atoms. The van der Waals surface area contributed by atoms with E-state index < -0.39 is 11.2 Å². The van der Waals surface area contributed by atoms with Crippen molar-refractivity contribution in [2.24, 2.45) is 5.92 Å². The number of aromatic nitrogens is 2. The zero-order chi connectivity index (χ0) is 26.1. The van der Waals surface area contributed by atoms with Crippen LogP contribution in [0, 0.1) is 5.92 Å². The van der Waals surface area contributed by atoms with Crippen LogP contribution in [0.3, 0.4) is 0 Å². The number of nitrogens with one attached hydrogen (secondary N) is 1. The minimum absolute atomic E-state index is 0.0372. The second-order valence-electron chi connectivity index (χ2n) is 9.48. The highest BCUT2D eigenvalue weighted by molar-refractivity contribution is 5.97. The molecule has 9 heteroatoms. The van der Waals surface area contributed by atoms with Crippen LogP contribution in [0.25, 0.3) is 0 Å². The lowest BCUT2D eigenvalue weighted by molar-refractivity contribution is -0.134. The predicted molar refractivity (Wildman–Crippen MR) is 142 cm³/mol. The summed E-state index contributed by atoms with van der Waals surface area (Å²) < 4.78 is 1.35. The van der Waals surface area contributed by atoms with E-state index >= 15 is 0 Å². The van der Waals surface area contributed by atoms with E-state index in [0.29, 0.717) is 58.3 Å². The van der Waals surface area contributed by atoms with Crippen molar-refractivity contribution in [3.63, 3.8) is 0 Å². The fourth-order valence-corrected chi connectivity index (χ4v) is 4.68. The highest BCUT2D eigenvalue weighted by atomic mass is 16.2. The largest absolute Gasteiger partial charge is 0.383 e. The summed E-state index contributed by atoms with van der Waals surface area (Å²) in [7, 11) is 0. The summed E-state index contributed by atoms with van der Waals surface area (Å²) in [6.07, 6.45) is 5.34. The molecule has 3 rings (SSSR count). The SMILES string of the molecule is CCCCN(C(=O)C1CCN(C(=O)CCc2ccccc2)CC1)c1c(N)n(CCCC)c(=O)[nH]c1=O. The number of amides is 2. The van der Waals surface area contributed by atoms with Gasteiger partial charge in [0.15, 0.2) is 5.69 Å². The number of nitrogens with two attached hydrogens (primary N) is 1. The third-order valence-corrected chi connectivity index (χ3v) is 6.89. The number of piperidine rings is 1.